The maximum absolute atomic E-state index is 10.1. The number of hydrogen-bond acceptors (Lipinski definition) is 2. The van der Waals surface area contributed by atoms with Crippen LogP contribution in [-0.2, 0) is 21.7 Å². The Labute approximate surface area is 313 Å². The van der Waals surface area contributed by atoms with Crippen molar-refractivity contribution in [3.05, 3.63) is 125 Å². The van der Waals surface area contributed by atoms with Crippen molar-refractivity contribution in [3.8, 4) is 0 Å². The number of benzene rings is 5. The van der Waals surface area contributed by atoms with Crippen LogP contribution in [0.5, 0.6) is 0 Å². The van der Waals surface area contributed by atoms with E-state index in [9.17, 15) is 11.0 Å². The highest BCUT2D eigenvalue weighted by Gasteiger charge is 2.44. The molecule has 2 aliphatic rings. The van der Waals surface area contributed by atoms with E-state index >= 15 is 0 Å². The highest BCUT2D eigenvalue weighted by Crippen LogP contribution is 2.46. The third kappa shape index (κ3) is 5.77. The molecule has 0 atom stereocenters. The van der Waals surface area contributed by atoms with E-state index in [1.54, 1.807) is 6.92 Å². The van der Waals surface area contributed by atoms with Crippen molar-refractivity contribution >= 4 is 57.2 Å². The molecule has 3 heteroatoms. The van der Waals surface area contributed by atoms with Crippen LogP contribution in [0.3, 0.4) is 0 Å². The largest absolute Gasteiger partial charge is 0.311 e. The van der Waals surface area contributed by atoms with Crippen LogP contribution in [-0.4, -0.2) is 6.71 Å². The summed E-state index contributed by atoms with van der Waals surface area (Å²) in [5.41, 5.74) is 5.67. The Morgan fingerprint density at radius 3 is 1.10 bits per heavy atom. The molecule has 2 heterocycles. The summed E-state index contributed by atoms with van der Waals surface area (Å²) in [4.78, 5) is 3.69. The number of hydrogen-bond donors (Lipinski definition) is 0. The van der Waals surface area contributed by atoms with Crippen LogP contribution in [0, 0.1) is 6.92 Å². The van der Waals surface area contributed by atoms with Crippen LogP contribution in [0.1, 0.15) is 122 Å². The Kier molecular flexibility index (Phi) is 5.85. The molecule has 0 unspecified atom stereocenters. The monoisotopic (exact) mass is 666 g/mol. The van der Waals surface area contributed by atoms with Gasteiger partial charge in [-0.1, -0.05) is 132 Å². The maximum Gasteiger partial charge on any atom is 0.252 e. The maximum atomic E-state index is 10.1. The summed E-state index contributed by atoms with van der Waals surface area (Å²) >= 11 is 0. The molecule has 0 fully saturated rings. The van der Waals surface area contributed by atoms with E-state index in [2.05, 4.69) is 41.5 Å². The van der Waals surface area contributed by atoms with Gasteiger partial charge in [0.15, 0.2) is 0 Å². The summed E-state index contributed by atoms with van der Waals surface area (Å²) in [5, 5.41) is 0. The third-order valence-electron chi connectivity index (χ3n) is 10.0. The molecule has 0 aromatic heterocycles. The Bertz CT molecular complexity index is 2360. The zero-order chi connectivity index (χ0) is 43.1. The molecular weight excluding hydrogens is 603 g/mol. The second-order valence-corrected chi connectivity index (χ2v) is 18.2. The van der Waals surface area contributed by atoms with E-state index in [0.29, 0.717) is 55.8 Å². The summed E-state index contributed by atoms with van der Waals surface area (Å²) in [6.07, 6.45) is 0. The van der Waals surface area contributed by atoms with Gasteiger partial charge in [-0.2, -0.15) is 0 Å². The Hall–Kier alpha value is -4.24. The summed E-state index contributed by atoms with van der Waals surface area (Å²) in [7, 11) is 0. The Morgan fingerprint density at radius 2 is 0.780 bits per heavy atom. The lowest BCUT2D eigenvalue weighted by atomic mass is 9.33. The van der Waals surface area contributed by atoms with E-state index in [-0.39, 0.29) is 70.5 Å². The van der Waals surface area contributed by atoms with Gasteiger partial charge in [-0.15, -0.1) is 0 Å². The fourth-order valence-electron chi connectivity index (χ4n) is 7.00. The molecule has 0 saturated heterocycles. The molecule has 256 valence electrons. The van der Waals surface area contributed by atoms with Gasteiger partial charge in [-0.05, 0) is 121 Å². The number of anilines is 6. The predicted molar refractivity (Wildman–Crippen MR) is 220 cm³/mol. The lowest BCUT2D eigenvalue weighted by Gasteiger charge is -2.45. The normalized spacial score (nSPS) is 16.6. The summed E-state index contributed by atoms with van der Waals surface area (Å²) < 4.78 is 78.5. The van der Waals surface area contributed by atoms with Crippen LogP contribution in [0.4, 0.5) is 34.1 Å². The molecule has 50 heavy (non-hydrogen) atoms. The third-order valence-corrected chi connectivity index (χ3v) is 10.0. The smallest absolute Gasteiger partial charge is 0.252 e. The zero-order valence-corrected chi connectivity index (χ0v) is 32.1. The van der Waals surface area contributed by atoms with Gasteiger partial charge in [0.1, 0.15) is 0 Å². The van der Waals surface area contributed by atoms with Gasteiger partial charge in [-0.25, -0.2) is 0 Å². The minimum atomic E-state index is -0.962. The van der Waals surface area contributed by atoms with Gasteiger partial charge in [0.25, 0.3) is 6.71 Å². The number of fused-ring (bicyclic) bond motifs is 4. The van der Waals surface area contributed by atoms with Gasteiger partial charge in [0.2, 0.25) is 0 Å². The summed E-state index contributed by atoms with van der Waals surface area (Å²) in [6.45, 7) is 25.2. The topological polar surface area (TPSA) is 6.48 Å². The van der Waals surface area contributed by atoms with E-state index in [4.69, 9.17) is 0 Å². The molecule has 0 radical (unpaired) electrons. The second-order valence-electron chi connectivity index (χ2n) is 18.2. The van der Waals surface area contributed by atoms with Crippen molar-refractivity contribution < 1.29 is 11.0 Å². The van der Waals surface area contributed by atoms with E-state index in [1.807, 2.05) is 99.9 Å². The van der Waals surface area contributed by atoms with E-state index < -0.39 is 17.5 Å². The summed E-state index contributed by atoms with van der Waals surface area (Å²) in [5.74, 6) is 0. The number of rotatable bonds is 2. The van der Waals surface area contributed by atoms with Crippen molar-refractivity contribution in [1.29, 1.82) is 0 Å². The van der Waals surface area contributed by atoms with E-state index in [1.165, 1.54) is 0 Å². The molecule has 0 saturated carbocycles. The summed E-state index contributed by atoms with van der Waals surface area (Å²) in [6, 6.07) is 16.0. The quantitative estimate of drug-likeness (QED) is 0.170. The van der Waals surface area contributed by atoms with Crippen LogP contribution in [0.25, 0.3) is 0 Å². The standard InChI is InChI=1S/C47H55BN2/c1-30-26-41-43-42(27-30)50(36-22-16-32(17-23-36)45(5,6)7)40-25-19-34(47(11,12)13)29-38(40)48(43)37-28-33(46(8,9)10)18-24-39(37)49(41)35-20-14-31(15-21-35)44(2,3)4/h14-29H,1-13H3/i18D,19D,24D,25D,26D,27D,28D,29D. The van der Waals surface area contributed by atoms with Gasteiger partial charge >= 0.3 is 0 Å². The van der Waals surface area contributed by atoms with Crippen LogP contribution in [0.15, 0.2) is 96.9 Å². The zero-order valence-electron chi connectivity index (χ0n) is 40.1. The lowest BCUT2D eigenvalue weighted by Crippen LogP contribution is -2.61. The molecule has 0 bridgehead atoms. The Morgan fingerprint density at radius 1 is 0.440 bits per heavy atom. The molecular formula is C47H55BN2. The predicted octanol–water partition coefficient (Wildman–Crippen LogP) is 11.3. The second kappa shape index (κ2) is 11.4. The van der Waals surface area contributed by atoms with Crippen LogP contribution in [0.2, 0.25) is 0 Å². The fraction of sp³-hybridized carbons (Fsp3) is 0.362. The van der Waals surface area contributed by atoms with Crippen molar-refractivity contribution in [2.75, 3.05) is 9.80 Å². The van der Waals surface area contributed by atoms with Crippen molar-refractivity contribution in [2.24, 2.45) is 0 Å². The van der Waals surface area contributed by atoms with Gasteiger partial charge < -0.3 is 9.80 Å². The first-order chi connectivity index (χ1) is 26.6. The molecule has 0 N–H and O–H groups in total. The molecule has 7 rings (SSSR count). The van der Waals surface area contributed by atoms with Gasteiger partial charge in [0.05, 0.1) is 11.0 Å². The Balaban J connectivity index is 1.76. The first kappa shape index (κ1) is 25.7. The molecule has 5 aromatic rings. The molecule has 5 aromatic carbocycles. The highest BCUT2D eigenvalue weighted by atomic mass is 15.2. The fourth-order valence-corrected chi connectivity index (χ4v) is 7.00. The van der Waals surface area contributed by atoms with Crippen molar-refractivity contribution in [1.82, 2.24) is 0 Å². The van der Waals surface area contributed by atoms with Crippen molar-refractivity contribution in [2.45, 2.75) is 112 Å². The first-order valence-electron chi connectivity index (χ1n) is 21.9. The van der Waals surface area contributed by atoms with Gasteiger partial charge in [-0.3, -0.25) is 0 Å². The van der Waals surface area contributed by atoms with Crippen LogP contribution >= 0.6 is 0 Å². The SMILES string of the molecule is [2H]c1c([2H])c(C(C)(C)C)c([2H])c2c1N(c1ccc(C(C)(C)C)cc1)c1c([2H])c(C)c([2H])c3c1B2c1c([2H])c(C(C)(C)C)c([2H])c([2H])c1N3c1ccc(C(C)(C)C)cc1. The molecule has 0 amide bonds. The highest BCUT2D eigenvalue weighted by molar-refractivity contribution is 7.00. The lowest BCUT2D eigenvalue weighted by molar-refractivity contribution is 0.590. The average molecular weight is 667 g/mol. The minimum Gasteiger partial charge on any atom is -0.311 e. The molecule has 0 aliphatic carbocycles. The van der Waals surface area contributed by atoms with E-state index in [0.717, 1.165) is 11.1 Å². The molecule has 2 nitrogen and oxygen atoms in total. The number of nitrogens with zero attached hydrogens (tertiary/aromatic N) is 2. The van der Waals surface area contributed by atoms with Crippen LogP contribution < -0.4 is 26.2 Å². The first-order valence-corrected chi connectivity index (χ1v) is 17.9. The minimum absolute atomic E-state index is 0.0622. The molecule has 0 spiro atoms. The average Bonchev–Trinajstić information content (AvgIpc) is 3.11. The van der Waals surface area contributed by atoms with Gasteiger partial charge in [0, 0.05) is 34.1 Å². The van der Waals surface area contributed by atoms with Crippen molar-refractivity contribution in [3.63, 3.8) is 0 Å². The molecule has 2 aliphatic heterocycles.